The maximum absolute atomic E-state index is 12.9. The SMILES string of the molecule is Cc1cc(C)n(-c2ccc(CCNS(=O)(=O)c3ccc(F)cc3)cc2)n1. The van der Waals surface area contributed by atoms with Crippen LogP contribution in [0, 0.1) is 19.7 Å². The normalized spacial score (nSPS) is 11.7. The van der Waals surface area contributed by atoms with E-state index in [2.05, 4.69) is 9.82 Å². The fourth-order valence-electron chi connectivity index (χ4n) is 2.72. The van der Waals surface area contributed by atoms with Gasteiger partial charge in [-0.25, -0.2) is 22.2 Å². The van der Waals surface area contributed by atoms with Crippen LogP contribution in [-0.2, 0) is 16.4 Å². The standard InChI is InChI=1S/C19H20FN3O2S/c1-14-13-15(2)23(22-14)18-7-3-16(4-8-18)11-12-21-26(24,25)19-9-5-17(20)6-10-19/h3-10,13,21H,11-12H2,1-2H3. The largest absolute Gasteiger partial charge is 0.240 e. The molecule has 5 nitrogen and oxygen atoms in total. The van der Waals surface area contributed by atoms with Crippen molar-refractivity contribution in [3.8, 4) is 5.69 Å². The van der Waals surface area contributed by atoms with Crippen LogP contribution < -0.4 is 4.72 Å². The lowest BCUT2D eigenvalue weighted by Gasteiger charge is -2.08. The Bertz CT molecular complexity index is 994. The number of halogens is 1. The highest BCUT2D eigenvalue weighted by molar-refractivity contribution is 7.89. The third-order valence-corrected chi connectivity index (χ3v) is 5.50. The summed E-state index contributed by atoms with van der Waals surface area (Å²) in [7, 11) is -3.63. The molecule has 0 radical (unpaired) electrons. The number of hydrogen-bond acceptors (Lipinski definition) is 3. The highest BCUT2D eigenvalue weighted by atomic mass is 32.2. The van der Waals surface area contributed by atoms with E-state index in [4.69, 9.17) is 0 Å². The molecule has 26 heavy (non-hydrogen) atoms. The van der Waals surface area contributed by atoms with Crippen molar-refractivity contribution in [2.45, 2.75) is 25.2 Å². The van der Waals surface area contributed by atoms with Gasteiger partial charge in [-0.1, -0.05) is 12.1 Å². The zero-order chi connectivity index (χ0) is 18.7. The number of nitrogens with one attached hydrogen (secondary N) is 1. The van der Waals surface area contributed by atoms with E-state index in [1.54, 1.807) is 0 Å². The topological polar surface area (TPSA) is 64.0 Å². The fraction of sp³-hybridized carbons (Fsp3) is 0.211. The Morgan fingerprint density at radius 3 is 2.27 bits per heavy atom. The number of aromatic nitrogens is 2. The third-order valence-electron chi connectivity index (χ3n) is 4.02. The maximum Gasteiger partial charge on any atom is 0.240 e. The van der Waals surface area contributed by atoms with Gasteiger partial charge in [0.15, 0.2) is 0 Å². The number of aryl methyl sites for hydroxylation is 2. The fourth-order valence-corrected chi connectivity index (χ4v) is 3.75. The Hall–Kier alpha value is -2.51. The molecule has 0 aliphatic carbocycles. The molecule has 0 atom stereocenters. The summed E-state index contributed by atoms with van der Waals surface area (Å²) in [5, 5.41) is 4.44. The molecule has 0 aliphatic rings. The minimum Gasteiger partial charge on any atom is -0.238 e. The van der Waals surface area contributed by atoms with E-state index in [1.165, 1.54) is 12.1 Å². The van der Waals surface area contributed by atoms with Crippen molar-refractivity contribution < 1.29 is 12.8 Å². The molecule has 0 amide bonds. The Balaban J connectivity index is 1.61. The van der Waals surface area contributed by atoms with Crippen LogP contribution in [0.3, 0.4) is 0 Å². The van der Waals surface area contributed by atoms with Crippen LogP contribution in [0.15, 0.2) is 59.5 Å². The van der Waals surface area contributed by atoms with Gasteiger partial charge in [-0.05, 0) is 68.3 Å². The van der Waals surface area contributed by atoms with Crippen LogP contribution in [-0.4, -0.2) is 24.7 Å². The van der Waals surface area contributed by atoms with E-state index >= 15 is 0 Å². The van der Waals surface area contributed by atoms with Gasteiger partial charge in [0.25, 0.3) is 0 Å². The number of hydrogen-bond donors (Lipinski definition) is 1. The quantitative estimate of drug-likeness (QED) is 0.722. The van der Waals surface area contributed by atoms with Crippen LogP contribution >= 0.6 is 0 Å². The highest BCUT2D eigenvalue weighted by Gasteiger charge is 2.13. The van der Waals surface area contributed by atoms with Crippen LogP contribution in [0.1, 0.15) is 17.0 Å². The first kappa shape index (κ1) is 18.3. The van der Waals surface area contributed by atoms with Gasteiger partial charge in [-0.2, -0.15) is 5.10 Å². The van der Waals surface area contributed by atoms with Gasteiger partial charge in [-0.15, -0.1) is 0 Å². The Labute approximate surface area is 152 Å². The van der Waals surface area contributed by atoms with E-state index in [0.717, 1.165) is 34.8 Å². The molecule has 0 saturated heterocycles. The van der Waals surface area contributed by atoms with Crippen LogP contribution in [0.25, 0.3) is 5.69 Å². The van der Waals surface area contributed by atoms with Gasteiger partial charge in [0, 0.05) is 12.2 Å². The summed E-state index contributed by atoms with van der Waals surface area (Å²) in [6.07, 6.45) is 0.553. The summed E-state index contributed by atoms with van der Waals surface area (Å²) in [5.41, 5.74) is 3.99. The molecule has 7 heteroatoms. The third kappa shape index (κ3) is 4.17. The molecule has 136 valence electrons. The second-order valence-corrected chi connectivity index (χ2v) is 7.87. The van der Waals surface area contributed by atoms with E-state index in [0.29, 0.717) is 6.42 Å². The van der Waals surface area contributed by atoms with Crippen molar-refractivity contribution in [2.24, 2.45) is 0 Å². The molecule has 0 bridgehead atoms. The molecular formula is C19H20FN3O2S. The van der Waals surface area contributed by atoms with Gasteiger partial charge in [0.1, 0.15) is 5.82 Å². The monoisotopic (exact) mass is 373 g/mol. The van der Waals surface area contributed by atoms with E-state index in [1.807, 2.05) is 48.9 Å². The molecule has 3 rings (SSSR count). The zero-order valence-corrected chi connectivity index (χ0v) is 15.4. The van der Waals surface area contributed by atoms with Gasteiger partial charge in [0.2, 0.25) is 10.0 Å². The summed E-state index contributed by atoms with van der Waals surface area (Å²) in [6.45, 7) is 4.21. The number of benzene rings is 2. The van der Waals surface area contributed by atoms with Crippen molar-refractivity contribution in [1.82, 2.24) is 14.5 Å². The maximum atomic E-state index is 12.9. The summed E-state index contributed by atoms with van der Waals surface area (Å²) in [4.78, 5) is 0.0544. The van der Waals surface area contributed by atoms with E-state index in [9.17, 15) is 12.8 Å². The summed E-state index contributed by atoms with van der Waals surface area (Å²) in [6, 6.07) is 14.6. The molecular weight excluding hydrogens is 353 g/mol. The number of nitrogens with zero attached hydrogens (tertiary/aromatic N) is 2. The average molecular weight is 373 g/mol. The lowest BCUT2D eigenvalue weighted by atomic mass is 10.1. The zero-order valence-electron chi connectivity index (χ0n) is 14.6. The second kappa shape index (κ2) is 7.39. The number of sulfonamides is 1. The lowest BCUT2D eigenvalue weighted by molar-refractivity contribution is 0.580. The van der Waals surface area contributed by atoms with Crippen molar-refractivity contribution in [2.75, 3.05) is 6.54 Å². The molecule has 1 heterocycles. The Morgan fingerprint density at radius 2 is 1.69 bits per heavy atom. The van der Waals surface area contributed by atoms with Crippen molar-refractivity contribution in [3.63, 3.8) is 0 Å². The minimum atomic E-state index is -3.63. The molecule has 1 aromatic heterocycles. The minimum absolute atomic E-state index is 0.0544. The molecule has 0 saturated carbocycles. The lowest BCUT2D eigenvalue weighted by Crippen LogP contribution is -2.26. The summed E-state index contributed by atoms with van der Waals surface area (Å²) >= 11 is 0. The average Bonchev–Trinajstić information content (AvgIpc) is 2.94. The van der Waals surface area contributed by atoms with Gasteiger partial charge < -0.3 is 0 Å². The molecule has 0 fully saturated rings. The Morgan fingerprint density at radius 1 is 1.04 bits per heavy atom. The van der Waals surface area contributed by atoms with E-state index < -0.39 is 15.8 Å². The molecule has 1 N–H and O–H groups in total. The van der Waals surface area contributed by atoms with Crippen LogP contribution in [0.5, 0.6) is 0 Å². The Kier molecular flexibility index (Phi) is 5.20. The molecule has 2 aromatic carbocycles. The van der Waals surface area contributed by atoms with Gasteiger partial charge >= 0.3 is 0 Å². The van der Waals surface area contributed by atoms with Crippen LogP contribution in [0.2, 0.25) is 0 Å². The smallest absolute Gasteiger partial charge is 0.238 e. The highest BCUT2D eigenvalue weighted by Crippen LogP contribution is 2.14. The molecule has 0 unspecified atom stereocenters. The summed E-state index contributed by atoms with van der Waals surface area (Å²) in [5.74, 6) is -0.466. The number of rotatable bonds is 6. The molecule has 0 aliphatic heterocycles. The predicted molar refractivity (Wildman–Crippen MR) is 98.3 cm³/mol. The van der Waals surface area contributed by atoms with Gasteiger partial charge in [-0.3, -0.25) is 0 Å². The first-order chi connectivity index (χ1) is 12.3. The summed E-state index contributed by atoms with van der Waals surface area (Å²) < 4.78 is 41.6. The van der Waals surface area contributed by atoms with Crippen LogP contribution in [0.4, 0.5) is 4.39 Å². The first-order valence-electron chi connectivity index (χ1n) is 8.23. The van der Waals surface area contributed by atoms with Crippen molar-refractivity contribution in [3.05, 3.63) is 77.4 Å². The van der Waals surface area contributed by atoms with Gasteiger partial charge in [0.05, 0.1) is 16.3 Å². The first-order valence-corrected chi connectivity index (χ1v) is 9.71. The second-order valence-electron chi connectivity index (χ2n) is 6.11. The van der Waals surface area contributed by atoms with E-state index in [-0.39, 0.29) is 11.4 Å². The predicted octanol–water partition coefficient (Wildman–Crippen LogP) is 3.15. The van der Waals surface area contributed by atoms with Crippen molar-refractivity contribution >= 4 is 10.0 Å². The molecule has 0 spiro atoms. The van der Waals surface area contributed by atoms with Crippen molar-refractivity contribution in [1.29, 1.82) is 0 Å². The molecule has 3 aromatic rings.